The Bertz CT molecular complexity index is 950. The summed E-state index contributed by atoms with van der Waals surface area (Å²) in [6.07, 6.45) is 0. The van der Waals surface area contributed by atoms with Crippen molar-refractivity contribution in [3.63, 3.8) is 0 Å². The van der Waals surface area contributed by atoms with Gasteiger partial charge in [0.2, 0.25) is 5.91 Å². The first-order valence-corrected chi connectivity index (χ1v) is 8.76. The van der Waals surface area contributed by atoms with E-state index in [1.165, 1.54) is 0 Å². The normalized spacial score (nSPS) is 16.6. The number of hydrogen-bond acceptors (Lipinski definition) is 5. The van der Waals surface area contributed by atoms with Crippen molar-refractivity contribution in [3.05, 3.63) is 66.4 Å². The third-order valence-electron chi connectivity index (χ3n) is 4.47. The molecule has 28 heavy (non-hydrogen) atoms. The molecule has 0 unspecified atom stereocenters. The Hall–Kier alpha value is -3.61. The maximum atomic E-state index is 13.0. The molecule has 2 aromatic rings. The van der Waals surface area contributed by atoms with E-state index in [0.29, 0.717) is 11.4 Å². The van der Waals surface area contributed by atoms with Gasteiger partial charge in [-0.15, -0.1) is 0 Å². The molecule has 3 rings (SSSR count). The molecule has 1 fully saturated rings. The summed E-state index contributed by atoms with van der Waals surface area (Å²) in [5.74, 6) is -2.56. The third-order valence-corrected chi connectivity index (χ3v) is 4.47. The molecule has 0 radical (unpaired) electrons. The number of anilines is 3. The topological polar surface area (TPSA) is 81.8 Å². The molecule has 1 atom stereocenters. The number of imide groups is 2. The second-order valence-electron chi connectivity index (χ2n) is 6.83. The smallest absolute Gasteiger partial charge is 0.335 e. The Kier molecular flexibility index (Phi) is 5.17. The summed E-state index contributed by atoms with van der Waals surface area (Å²) in [5.41, 5.74) is 3.23. The molecule has 2 aromatic carbocycles. The predicted octanol–water partition coefficient (Wildman–Crippen LogP) is 2.89. The predicted molar refractivity (Wildman–Crippen MR) is 109 cm³/mol. The molecule has 1 saturated heterocycles. The van der Waals surface area contributed by atoms with Crippen LogP contribution in [0.5, 0.6) is 0 Å². The number of aryl methyl sites for hydroxylation is 1. The first-order valence-electron chi connectivity index (χ1n) is 8.76. The van der Waals surface area contributed by atoms with Gasteiger partial charge in [-0.05, 0) is 37.3 Å². The molecule has 0 aromatic heterocycles. The van der Waals surface area contributed by atoms with Gasteiger partial charge < -0.3 is 10.2 Å². The van der Waals surface area contributed by atoms with Gasteiger partial charge in [0.1, 0.15) is 0 Å². The number of amides is 4. The summed E-state index contributed by atoms with van der Waals surface area (Å²) in [6.45, 7) is 5.78. The van der Waals surface area contributed by atoms with Crippen molar-refractivity contribution < 1.29 is 14.4 Å². The van der Waals surface area contributed by atoms with Gasteiger partial charge in [0.15, 0.2) is 5.92 Å². The highest BCUT2D eigenvalue weighted by molar-refractivity contribution is 6.28. The minimum Gasteiger partial charge on any atom is -0.378 e. The highest BCUT2D eigenvalue weighted by atomic mass is 16.2. The van der Waals surface area contributed by atoms with Gasteiger partial charge >= 0.3 is 6.03 Å². The Labute approximate surface area is 163 Å². The van der Waals surface area contributed by atoms with Crippen molar-refractivity contribution in [3.8, 4) is 0 Å². The SMILES string of the molecule is C=C(Nc1cccc(N(C)C)c1)[C@@H]1C(=O)NC(=O)N(c2ccc(C)cc2)C1=O. The molecular weight excluding hydrogens is 356 g/mol. The Morgan fingerprint density at radius 2 is 1.79 bits per heavy atom. The Morgan fingerprint density at radius 1 is 1.11 bits per heavy atom. The molecular formula is C21H22N4O3. The number of urea groups is 1. The minimum atomic E-state index is -1.22. The van der Waals surface area contributed by atoms with Crippen LogP contribution in [-0.2, 0) is 9.59 Å². The van der Waals surface area contributed by atoms with E-state index in [9.17, 15) is 14.4 Å². The average molecular weight is 378 g/mol. The fraction of sp³-hybridized carbons (Fsp3) is 0.190. The molecule has 1 heterocycles. The van der Waals surface area contributed by atoms with Crippen LogP contribution in [0, 0.1) is 12.8 Å². The first kappa shape index (κ1) is 19.2. The van der Waals surface area contributed by atoms with Crippen LogP contribution in [0.3, 0.4) is 0 Å². The van der Waals surface area contributed by atoms with Crippen molar-refractivity contribution in [1.29, 1.82) is 0 Å². The molecule has 7 heteroatoms. The zero-order valence-corrected chi connectivity index (χ0v) is 16.0. The quantitative estimate of drug-likeness (QED) is 0.782. The van der Waals surface area contributed by atoms with Crippen LogP contribution in [0.25, 0.3) is 0 Å². The monoisotopic (exact) mass is 378 g/mol. The second kappa shape index (κ2) is 7.56. The van der Waals surface area contributed by atoms with Crippen LogP contribution >= 0.6 is 0 Å². The lowest BCUT2D eigenvalue weighted by Crippen LogP contribution is -2.59. The van der Waals surface area contributed by atoms with Gasteiger partial charge in [-0.1, -0.05) is 30.3 Å². The molecule has 7 nitrogen and oxygen atoms in total. The lowest BCUT2D eigenvalue weighted by atomic mass is 10.0. The van der Waals surface area contributed by atoms with Crippen LogP contribution < -0.4 is 20.4 Å². The van der Waals surface area contributed by atoms with E-state index >= 15 is 0 Å². The molecule has 0 aliphatic carbocycles. The van der Waals surface area contributed by atoms with Crippen molar-refractivity contribution >= 4 is 34.9 Å². The van der Waals surface area contributed by atoms with E-state index in [-0.39, 0.29) is 5.70 Å². The minimum absolute atomic E-state index is 0.197. The average Bonchev–Trinajstić information content (AvgIpc) is 2.63. The van der Waals surface area contributed by atoms with Crippen LogP contribution in [0.15, 0.2) is 60.8 Å². The first-order chi connectivity index (χ1) is 13.3. The van der Waals surface area contributed by atoms with Crippen LogP contribution in [0.1, 0.15) is 5.56 Å². The lowest BCUT2D eigenvalue weighted by molar-refractivity contribution is -0.132. The number of barbiturate groups is 1. The summed E-state index contributed by atoms with van der Waals surface area (Å²) >= 11 is 0. The van der Waals surface area contributed by atoms with Crippen molar-refractivity contribution in [2.75, 3.05) is 29.2 Å². The van der Waals surface area contributed by atoms with Gasteiger partial charge in [0.25, 0.3) is 5.91 Å². The Balaban J connectivity index is 1.85. The van der Waals surface area contributed by atoms with Crippen molar-refractivity contribution in [2.24, 2.45) is 5.92 Å². The van der Waals surface area contributed by atoms with Crippen molar-refractivity contribution in [2.45, 2.75) is 6.92 Å². The molecule has 144 valence electrons. The number of rotatable bonds is 5. The summed E-state index contributed by atoms with van der Waals surface area (Å²) in [6, 6.07) is 13.6. The molecule has 0 bridgehead atoms. The van der Waals surface area contributed by atoms with Crippen LogP contribution in [0.2, 0.25) is 0 Å². The molecule has 2 N–H and O–H groups in total. The Morgan fingerprint density at radius 3 is 2.43 bits per heavy atom. The maximum absolute atomic E-state index is 13.0. The third kappa shape index (κ3) is 3.73. The highest BCUT2D eigenvalue weighted by Gasteiger charge is 2.42. The van der Waals surface area contributed by atoms with Gasteiger partial charge in [-0.25, -0.2) is 9.69 Å². The highest BCUT2D eigenvalue weighted by Crippen LogP contribution is 2.26. The number of benzene rings is 2. The summed E-state index contributed by atoms with van der Waals surface area (Å²) < 4.78 is 0. The second-order valence-corrected chi connectivity index (χ2v) is 6.83. The number of carbonyl (C=O) groups excluding carboxylic acids is 3. The zero-order valence-electron chi connectivity index (χ0n) is 16.0. The molecule has 1 aliphatic rings. The van der Waals surface area contributed by atoms with E-state index in [1.807, 2.05) is 50.2 Å². The van der Waals surface area contributed by atoms with E-state index in [1.54, 1.807) is 24.3 Å². The van der Waals surface area contributed by atoms with Gasteiger partial charge in [0, 0.05) is 31.2 Å². The maximum Gasteiger partial charge on any atom is 0.335 e. The van der Waals surface area contributed by atoms with Gasteiger partial charge in [-0.3, -0.25) is 14.9 Å². The number of nitrogens with zero attached hydrogens (tertiary/aromatic N) is 2. The number of hydrogen-bond donors (Lipinski definition) is 2. The largest absolute Gasteiger partial charge is 0.378 e. The summed E-state index contributed by atoms with van der Waals surface area (Å²) in [5, 5.41) is 5.26. The van der Waals surface area contributed by atoms with Gasteiger partial charge in [-0.2, -0.15) is 0 Å². The summed E-state index contributed by atoms with van der Waals surface area (Å²) in [7, 11) is 3.83. The molecule has 1 aliphatic heterocycles. The van der Waals surface area contributed by atoms with E-state index in [4.69, 9.17) is 0 Å². The standard InChI is InChI=1S/C21H22N4O3/c1-13-8-10-16(11-9-13)25-20(27)18(19(26)23-21(25)28)14(2)22-15-6-5-7-17(12-15)24(3)4/h5-12,18,22H,2H2,1,3-4H3,(H,23,26,28)/t18-/m1/s1. The van der Waals surface area contributed by atoms with E-state index in [2.05, 4.69) is 17.2 Å². The summed E-state index contributed by atoms with van der Waals surface area (Å²) in [4.78, 5) is 40.5. The lowest BCUT2D eigenvalue weighted by Gasteiger charge is -2.31. The molecule has 0 saturated carbocycles. The van der Waals surface area contributed by atoms with Crippen LogP contribution in [-0.4, -0.2) is 31.9 Å². The van der Waals surface area contributed by atoms with Crippen LogP contribution in [0.4, 0.5) is 21.9 Å². The fourth-order valence-corrected chi connectivity index (χ4v) is 2.94. The molecule has 4 amide bonds. The zero-order chi connectivity index (χ0) is 20.4. The molecule has 0 spiro atoms. The van der Waals surface area contributed by atoms with E-state index < -0.39 is 23.8 Å². The van der Waals surface area contributed by atoms with Gasteiger partial charge in [0.05, 0.1) is 5.69 Å². The fourth-order valence-electron chi connectivity index (χ4n) is 2.94. The number of carbonyl (C=O) groups is 3. The number of nitrogens with one attached hydrogen (secondary N) is 2. The van der Waals surface area contributed by atoms with Crippen molar-refractivity contribution in [1.82, 2.24) is 5.32 Å². The van der Waals surface area contributed by atoms with E-state index in [0.717, 1.165) is 16.2 Å².